The number of H-pyrrole nitrogens is 1. The van der Waals surface area contributed by atoms with Crippen molar-refractivity contribution in [3.63, 3.8) is 0 Å². The fourth-order valence-electron chi connectivity index (χ4n) is 3.96. The largest absolute Gasteiger partial charge is 0.480 e. The van der Waals surface area contributed by atoms with E-state index in [9.17, 15) is 19.5 Å². The summed E-state index contributed by atoms with van der Waals surface area (Å²) in [5, 5.41) is 13.6. The highest BCUT2D eigenvalue weighted by Gasteiger charge is 2.41. The quantitative estimate of drug-likeness (QED) is 0.490. The molecule has 0 radical (unpaired) electrons. The number of ether oxygens (including phenoxy) is 1. The molecule has 0 fully saturated rings. The molecular formula is C24H24ClN3O5. The standard InChI is InChI=1S/C24H24ClN3O5/c1-24(2)23(32)28(19-12-15(25)7-8-20(19)33-24)10-9-21(29)27-18(22(30)31)11-14-13-26-17-6-4-3-5-16(14)17/h3-8,12-13,18,26H,9-11H2,1-2H3,(H,27,29)(H,30,31). The van der Waals surface area contributed by atoms with Crippen molar-refractivity contribution in [2.75, 3.05) is 11.4 Å². The highest BCUT2D eigenvalue weighted by atomic mass is 35.5. The van der Waals surface area contributed by atoms with Crippen molar-refractivity contribution in [3.05, 3.63) is 59.2 Å². The second-order valence-electron chi connectivity index (χ2n) is 8.45. The van der Waals surface area contributed by atoms with Gasteiger partial charge >= 0.3 is 5.97 Å². The zero-order valence-corrected chi connectivity index (χ0v) is 19.0. The van der Waals surface area contributed by atoms with Gasteiger partial charge in [-0.05, 0) is 43.7 Å². The number of anilines is 1. The van der Waals surface area contributed by atoms with Gasteiger partial charge in [0.2, 0.25) is 5.91 Å². The molecule has 1 aliphatic rings. The summed E-state index contributed by atoms with van der Waals surface area (Å²) in [6, 6.07) is 11.4. The summed E-state index contributed by atoms with van der Waals surface area (Å²) in [5.74, 6) is -1.41. The normalized spacial score (nSPS) is 15.6. The number of para-hydroxylation sites is 1. The Morgan fingerprint density at radius 3 is 2.76 bits per heavy atom. The highest BCUT2D eigenvalue weighted by Crippen LogP contribution is 2.39. The molecule has 0 bridgehead atoms. The van der Waals surface area contributed by atoms with Crippen molar-refractivity contribution < 1.29 is 24.2 Å². The smallest absolute Gasteiger partial charge is 0.326 e. The van der Waals surface area contributed by atoms with Crippen LogP contribution in [-0.4, -0.2) is 46.1 Å². The SMILES string of the molecule is CC1(C)Oc2ccc(Cl)cc2N(CCC(=O)NC(Cc2c[nH]c3ccccc23)C(=O)O)C1=O. The number of carboxylic acid groups (broad SMARTS) is 1. The topological polar surface area (TPSA) is 112 Å². The Balaban J connectivity index is 1.46. The van der Waals surface area contributed by atoms with Crippen LogP contribution in [0.5, 0.6) is 5.75 Å². The second-order valence-corrected chi connectivity index (χ2v) is 8.89. The lowest BCUT2D eigenvalue weighted by Crippen LogP contribution is -2.53. The van der Waals surface area contributed by atoms with Gasteiger partial charge in [0, 0.05) is 41.5 Å². The molecule has 1 aliphatic heterocycles. The van der Waals surface area contributed by atoms with Gasteiger partial charge in [-0.15, -0.1) is 0 Å². The summed E-state index contributed by atoms with van der Waals surface area (Å²) in [7, 11) is 0. The minimum atomic E-state index is -1.13. The van der Waals surface area contributed by atoms with Crippen molar-refractivity contribution >= 4 is 46.0 Å². The van der Waals surface area contributed by atoms with E-state index in [1.807, 2.05) is 24.3 Å². The van der Waals surface area contributed by atoms with Crippen LogP contribution in [0.4, 0.5) is 5.69 Å². The number of aromatic nitrogens is 1. The molecule has 1 unspecified atom stereocenters. The van der Waals surface area contributed by atoms with Crippen LogP contribution in [-0.2, 0) is 20.8 Å². The maximum atomic E-state index is 12.9. The molecule has 9 heteroatoms. The van der Waals surface area contributed by atoms with Crippen molar-refractivity contribution in [3.8, 4) is 5.75 Å². The summed E-state index contributed by atoms with van der Waals surface area (Å²) in [6.07, 6.45) is 1.81. The Morgan fingerprint density at radius 1 is 1.24 bits per heavy atom. The van der Waals surface area contributed by atoms with Crippen LogP contribution >= 0.6 is 11.6 Å². The van der Waals surface area contributed by atoms with Crippen molar-refractivity contribution in [1.82, 2.24) is 10.3 Å². The maximum absolute atomic E-state index is 12.9. The molecule has 1 atom stereocenters. The number of hydrogen-bond donors (Lipinski definition) is 3. The zero-order chi connectivity index (χ0) is 23.8. The van der Waals surface area contributed by atoms with Gasteiger partial charge in [-0.3, -0.25) is 9.59 Å². The van der Waals surface area contributed by atoms with E-state index in [1.54, 1.807) is 38.2 Å². The lowest BCUT2D eigenvalue weighted by atomic mass is 10.0. The van der Waals surface area contributed by atoms with E-state index >= 15 is 0 Å². The van der Waals surface area contributed by atoms with Gasteiger partial charge in [0.1, 0.15) is 11.8 Å². The van der Waals surface area contributed by atoms with Crippen LogP contribution < -0.4 is 15.0 Å². The molecule has 0 saturated carbocycles. The number of aliphatic carboxylic acids is 1. The van der Waals surface area contributed by atoms with E-state index in [0.29, 0.717) is 16.5 Å². The summed E-state index contributed by atoms with van der Waals surface area (Å²) in [5.41, 5.74) is 1.07. The zero-order valence-electron chi connectivity index (χ0n) is 18.2. The number of nitrogens with zero attached hydrogens (tertiary/aromatic N) is 1. The molecule has 4 rings (SSSR count). The van der Waals surface area contributed by atoms with E-state index in [0.717, 1.165) is 16.5 Å². The molecule has 0 spiro atoms. The Bertz CT molecular complexity index is 1240. The number of benzene rings is 2. The van der Waals surface area contributed by atoms with Gasteiger partial charge < -0.3 is 25.0 Å². The van der Waals surface area contributed by atoms with Gasteiger partial charge in [0.25, 0.3) is 5.91 Å². The van der Waals surface area contributed by atoms with Gasteiger partial charge in [-0.25, -0.2) is 4.79 Å². The summed E-state index contributed by atoms with van der Waals surface area (Å²) >= 11 is 6.10. The predicted molar refractivity (Wildman–Crippen MR) is 125 cm³/mol. The first-order chi connectivity index (χ1) is 15.7. The van der Waals surface area contributed by atoms with E-state index < -0.39 is 23.5 Å². The molecule has 2 aromatic carbocycles. The molecule has 2 amide bonds. The van der Waals surface area contributed by atoms with Crippen LogP contribution in [0, 0.1) is 0 Å². The molecule has 0 aliphatic carbocycles. The first-order valence-corrected chi connectivity index (χ1v) is 10.9. The Labute approximate surface area is 195 Å². The number of carbonyl (C=O) groups is 3. The van der Waals surface area contributed by atoms with Gasteiger partial charge in [-0.1, -0.05) is 29.8 Å². The lowest BCUT2D eigenvalue weighted by Gasteiger charge is -2.38. The molecule has 1 aromatic heterocycles. The van der Waals surface area contributed by atoms with E-state index in [2.05, 4.69) is 10.3 Å². The molecule has 33 heavy (non-hydrogen) atoms. The number of aromatic amines is 1. The molecular weight excluding hydrogens is 446 g/mol. The molecule has 8 nitrogen and oxygen atoms in total. The van der Waals surface area contributed by atoms with Crippen LogP contribution in [0.1, 0.15) is 25.8 Å². The number of hydrogen-bond acceptors (Lipinski definition) is 4. The Morgan fingerprint density at radius 2 is 2.00 bits per heavy atom. The highest BCUT2D eigenvalue weighted by molar-refractivity contribution is 6.31. The summed E-state index contributed by atoms with van der Waals surface area (Å²) in [6.45, 7) is 3.37. The van der Waals surface area contributed by atoms with Crippen molar-refractivity contribution in [2.24, 2.45) is 0 Å². The molecule has 0 saturated heterocycles. The molecule has 2 heterocycles. The third-order valence-electron chi connectivity index (χ3n) is 5.63. The number of amides is 2. The van der Waals surface area contributed by atoms with Crippen LogP contribution in [0.2, 0.25) is 5.02 Å². The summed E-state index contributed by atoms with van der Waals surface area (Å²) in [4.78, 5) is 42.0. The Kier molecular flexibility index (Phi) is 6.03. The number of fused-ring (bicyclic) bond motifs is 2. The van der Waals surface area contributed by atoms with E-state index in [-0.39, 0.29) is 25.3 Å². The monoisotopic (exact) mass is 469 g/mol. The average molecular weight is 470 g/mol. The van der Waals surface area contributed by atoms with Crippen LogP contribution in [0.3, 0.4) is 0 Å². The van der Waals surface area contributed by atoms with Crippen molar-refractivity contribution in [2.45, 2.75) is 38.3 Å². The van der Waals surface area contributed by atoms with E-state index in [4.69, 9.17) is 16.3 Å². The van der Waals surface area contributed by atoms with Crippen molar-refractivity contribution in [1.29, 1.82) is 0 Å². The molecule has 3 aromatic rings. The van der Waals surface area contributed by atoms with Gasteiger partial charge in [0.05, 0.1) is 5.69 Å². The van der Waals surface area contributed by atoms with Crippen LogP contribution in [0.15, 0.2) is 48.7 Å². The maximum Gasteiger partial charge on any atom is 0.326 e. The third-order valence-corrected chi connectivity index (χ3v) is 5.87. The van der Waals surface area contributed by atoms with E-state index in [1.165, 1.54) is 4.90 Å². The summed E-state index contributed by atoms with van der Waals surface area (Å²) < 4.78 is 5.78. The fraction of sp³-hybridized carbons (Fsp3) is 0.292. The predicted octanol–water partition coefficient (Wildman–Crippen LogP) is 3.53. The number of carbonyl (C=O) groups excluding carboxylic acids is 2. The van der Waals surface area contributed by atoms with Gasteiger partial charge in [-0.2, -0.15) is 0 Å². The number of rotatable bonds is 7. The first-order valence-electron chi connectivity index (χ1n) is 10.5. The first kappa shape index (κ1) is 22.7. The minimum absolute atomic E-state index is 0.0597. The number of nitrogens with one attached hydrogen (secondary N) is 2. The second kappa shape index (κ2) is 8.78. The molecule has 3 N–H and O–H groups in total. The van der Waals surface area contributed by atoms with Gasteiger partial charge in [0.15, 0.2) is 5.60 Å². The average Bonchev–Trinajstić information content (AvgIpc) is 3.17. The van der Waals surface area contributed by atoms with Crippen LogP contribution in [0.25, 0.3) is 10.9 Å². The lowest BCUT2D eigenvalue weighted by molar-refractivity contribution is -0.141. The Hall–Kier alpha value is -3.52. The number of carboxylic acids is 1. The fourth-order valence-corrected chi connectivity index (χ4v) is 4.13. The molecule has 172 valence electrons. The third kappa shape index (κ3) is 4.66. The minimum Gasteiger partial charge on any atom is -0.480 e. The number of halogens is 1.